The highest BCUT2D eigenvalue weighted by Gasteiger charge is 2.51. The molecule has 3 saturated heterocycles. The number of alkyl halides is 3. The molecule has 7 nitrogen and oxygen atoms in total. The lowest BCUT2D eigenvalue weighted by molar-refractivity contribution is -0.141. The smallest absolute Gasteiger partial charge is 0.330 e. The Morgan fingerprint density at radius 3 is 2.59 bits per heavy atom. The molecule has 1 aromatic rings. The average Bonchev–Trinajstić information content (AvgIpc) is 3.46. The van der Waals surface area contributed by atoms with E-state index in [0.29, 0.717) is 31.5 Å². The van der Waals surface area contributed by atoms with Gasteiger partial charge in [0, 0.05) is 25.7 Å². The summed E-state index contributed by atoms with van der Waals surface area (Å²) in [5.41, 5.74) is 6.08. The Balaban J connectivity index is 1.39. The van der Waals surface area contributed by atoms with Crippen molar-refractivity contribution in [3.8, 4) is 6.07 Å². The molecule has 4 unspecified atom stereocenters. The van der Waals surface area contributed by atoms with Gasteiger partial charge in [0.1, 0.15) is 6.04 Å². The van der Waals surface area contributed by atoms with Crippen molar-refractivity contribution in [2.45, 2.75) is 62.6 Å². The van der Waals surface area contributed by atoms with Crippen LogP contribution in [0.4, 0.5) is 13.2 Å². The molecule has 32 heavy (non-hydrogen) atoms. The second-order valence-electron chi connectivity index (χ2n) is 8.83. The van der Waals surface area contributed by atoms with Gasteiger partial charge in [0.25, 0.3) is 0 Å². The number of hydrogen-bond acceptors (Lipinski definition) is 5. The van der Waals surface area contributed by atoms with E-state index in [2.05, 4.69) is 6.07 Å². The van der Waals surface area contributed by atoms with Crippen LogP contribution in [0.15, 0.2) is 24.3 Å². The van der Waals surface area contributed by atoms with E-state index in [1.54, 1.807) is 4.90 Å². The first-order valence-corrected chi connectivity index (χ1v) is 10.8. The largest absolute Gasteiger partial charge is 0.416 e. The number of benzene rings is 1. The molecule has 3 fully saturated rings. The van der Waals surface area contributed by atoms with E-state index in [9.17, 15) is 28.0 Å². The predicted octanol–water partition coefficient (Wildman–Crippen LogP) is 1.89. The SMILES string of the molecule is C[C@@H](c1ccc(C(F)(F)F)cc1)N1C(=O)C2CC1CN2CC(N)C(=O)N1CCCC1C#N. The van der Waals surface area contributed by atoms with Crippen LogP contribution in [0.1, 0.15) is 43.4 Å². The van der Waals surface area contributed by atoms with E-state index in [0.717, 1.165) is 18.6 Å². The van der Waals surface area contributed by atoms with E-state index in [1.165, 1.54) is 17.0 Å². The average molecular weight is 449 g/mol. The molecule has 4 rings (SSSR count). The van der Waals surface area contributed by atoms with Crippen molar-refractivity contribution >= 4 is 11.8 Å². The fourth-order valence-corrected chi connectivity index (χ4v) is 5.22. The Labute approximate surface area is 184 Å². The zero-order chi connectivity index (χ0) is 23.2. The van der Waals surface area contributed by atoms with Gasteiger partial charge in [-0.3, -0.25) is 14.5 Å². The third kappa shape index (κ3) is 3.95. The molecular formula is C22H26F3N5O2. The number of rotatable bonds is 5. The van der Waals surface area contributed by atoms with Gasteiger partial charge in [0.2, 0.25) is 11.8 Å². The minimum absolute atomic E-state index is 0.0780. The molecule has 0 saturated carbocycles. The van der Waals surface area contributed by atoms with Crippen LogP contribution in [-0.4, -0.2) is 70.3 Å². The first-order valence-electron chi connectivity index (χ1n) is 10.8. The quantitative estimate of drug-likeness (QED) is 0.741. The van der Waals surface area contributed by atoms with E-state index in [-0.39, 0.29) is 36.5 Å². The highest BCUT2D eigenvalue weighted by atomic mass is 19.4. The zero-order valence-corrected chi connectivity index (χ0v) is 17.8. The van der Waals surface area contributed by atoms with Crippen LogP contribution < -0.4 is 5.73 Å². The van der Waals surface area contributed by atoms with E-state index < -0.39 is 23.8 Å². The van der Waals surface area contributed by atoms with Gasteiger partial charge in [-0.2, -0.15) is 18.4 Å². The van der Waals surface area contributed by atoms with E-state index in [1.807, 2.05) is 11.8 Å². The number of fused-ring (bicyclic) bond motifs is 2. The van der Waals surface area contributed by atoms with E-state index >= 15 is 0 Å². The van der Waals surface area contributed by atoms with Crippen molar-refractivity contribution in [1.82, 2.24) is 14.7 Å². The Hall–Kier alpha value is -2.64. The van der Waals surface area contributed by atoms with Gasteiger partial charge in [-0.05, 0) is 43.9 Å². The van der Waals surface area contributed by atoms with Crippen molar-refractivity contribution in [3.63, 3.8) is 0 Å². The summed E-state index contributed by atoms with van der Waals surface area (Å²) in [6.07, 6.45) is -2.36. The first-order chi connectivity index (χ1) is 15.1. The molecule has 0 aliphatic carbocycles. The lowest BCUT2D eigenvalue weighted by atomic mass is 10.0. The zero-order valence-electron chi connectivity index (χ0n) is 17.8. The fraction of sp³-hybridized carbons (Fsp3) is 0.591. The van der Waals surface area contributed by atoms with Crippen molar-refractivity contribution < 1.29 is 22.8 Å². The summed E-state index contributed by atoms with van der Waals surface area (Å²) < 4.78 is 38.5. The Morgan fingerprint density at radius 2 is 2.00 bits per heavy atom. The molecule has 0 radical (unpaired) electrons. The molecule has 2 N–H and O–H groups in total. The summed E-state index contributed by atoms with van der Waals surface area (Å²) in [6.45, 7) is 3.14. The van der Waals surface area contributed by atoms with Gasteiger partial charge in [-0.1, -0.05) is 12.1 Å². The summed E-state index contributed by atoms with van der Waals surface area (Å²) in [7, 11) is 0. The van der Waals surface area contributed by atoms with Crippen molar-refractivity contribution in [2.24, 2.45) is 5.73 Å². The molecule has 2 bridgehead atoms. The van der Waals surface area contributed by atoms with Gasteiger partial charge >= 0.3 is 6.18 Å². The minimum atomic E-state index is -4.40. The highest BCUT2D eigenvalue weighted by Crippen LogP contribution is 2.38. The monoisotopic (exact) mass is 449 g/mol. The summed E-state index contributed by atoms with van der Waals surface area (Å²) >= 11 is 0. The molecule has 0 aromatic heterocycles. The first kappa shape index (κ1) is 22.6. The third-order valence-electron chi connectivity index (χ3n) is 6.89. The number of nitrogens with zero attached hydrogens (tertiary/aromatic N) is 4. The molecule has 0 spiro atoms. The number of nitriles is 1. The number of carbonyl (C=O) groups excluding carboxylic acids is 2. The maximum absolute atomic E-state index is 13.0. The number of likely N-dealkylation sites (tertiary alicyclic amines) is 3. The van der Waals surface area contributed by atoms with Crippen LogP contribution in [0.5, 0.6) is 0 Å². The van der Waals surface area contributed by atoms with Crippen LogP contribution in [0.3, 0.4) is 0 Å². The summed E-state index contributed by atoms with van der Waals surface area (Å²) in [4.78, 5) is 30.9. The van der Waals surface area contributed by atoms with Gasteiger partial charge in [0.05, 0.1) is 29.8 Å². The summed E-state index contributed by atoms with van der Waals surface area (Å²) in [5, 5.41) is 9.20. The van der Waals surface area contributed by atoms with Crippen LogP contribution in [0.2, 0.25) is 0 Å². The summed E-state index contributed by atoms with van der Waals surface area (Å²) in [5.74, 6) is -0.358. The minimum Gasteiger partial charge on any atom is -0.330 e. The lowest BCUT2D eigenvalue weighted by Crippen LogP contribution is -2.56. The van der Waals surface area contributed by atoms with Gasteiger partial charge in [0.15, 0.2) is 0 Å². The van der Waals surface area contributed by atoms with Gasteiger partial charge in [-0.25, -0.2) is 0 Å². The standard InChI is InChI=1S/C22H26F3N5O2/c1-13(14-4-6-15(7-5-14)22(23,24)25)30-17-9-19(21(30)32)28(11-17)12-18(27)20(31)29-8-2-3-16(29)10-26/h4-7,13,16-19H,2-3,8-9,11-12,27H2,1H3/t13-,16?,17?,18?,19?/m0/s1. The number of nitrogens with two attached hydrogens (primary N) is 1. The van der Waals surface area contributed by atoms with Crippen LogP contribution in [0.25, 0.3) is 0 Å². The predicted molar refractivity (Wildman–Crippen MR) is 109 cm³/mol. The topological polar surface area (TPSA) is 93.7 Å². The molecule has 1 aromatic carbocycles. The van der Waals surface area contributed by atoms with Crippen molar-refractivity contribution in [2.75, 3.05) is 19.6 Å². The number of hydrogen-bond donors (Lipinski definition) is 1. The lowest BCUT2D eigenvalue weighted by Gasteiger charge is -2.38. The number of halogens is 3. The molecule has 2 amide bonds. The number of amides is 2. The number of carbonyl (C=O) groups is 2. The van der Waals surface area contributed by atoms with Crippen LogP contribution >= 0.6 is 0 Å². The third-order valence-corrected chi connectivity index (χ3v) is 6.89. The van der Waals surface area contributed by atoms with Crippen molar-refractivity contribution in [3.05, 3.63) is 35.4 Å². The Bertz CT molecular complexity index is 929. The normalized spacial score (nSPS) is 27.6. The van der Waals surface area contributed by atoms with Gasteiger partial charge in [-0.15, -0.1) is 0 Å². The Kier molecular flexibility index (Phi) is 5.90. The van der Waals surface area contributed by atoms with Crippen LogP contribution in [0, 0.1) is 11.3 Å². The van der Waals surface area contributed by atoms with E-state index in [4.69, 9.17) is 5.73 Å². The fourth-order valence-electron chi connectivity index (χ4n) is 5.22. The molecule has 3 aliphatic heterocycles. The molecule has 5 atom stereocenters. The molecular weight excluding hydrogens is 423 g/mol. The van der Waals surface area contributed by atoms with Crippen molar-refractivity contribution in [1.29, 1.82) is 5.26 Å². The second kappa shape index (κ2) is 8.37. The Morgan fingerprint density at radius 1 is 1.31 bits per heavy atom. The maximum Gasteiger partial charge on any atom is 0.416 e. The number of piperazine rings is 1. The highest BCUT2D eigenvalue weighted by molar-refractivity contribution is 5.87. The summed E-state index contributed by atoms with van der Waals surface area (Å²) in [6, 6.07) is 4.98. The van der Waals surface area contributed by atoms with Gasteiger partial charge < -0.3 is 15.5 Å². The molecule has 10 heteroatoms. The second-order valence-corrected chi connectivity index (χ2v) is 8.83. The maximum atomic E-state index is 13.0. The van der Waals surface area contributed by atoms with Crippen LogP contribution in [-0.2, 0) is 15.8 Å². The molecule has 3 aliphatic rings. The molecule has 3 heterocycles. The molecule has 172 valence electrons.